The van der Waals surface area contributed by atoms with Gasteiger partial charge in [-0.05, 0) is 0 Å². The zero-order chi connectivity index (χ0) is 18.7. The number of ether oxygens (including phenoxy) is 2. The largest absolute Gasteiger partial charge is 0.483 e. The SMILES string of the molecule is CC(=O)NCCN(CCNC(C)=O)CCC(=O)OC1CCOC1=C=O. The van der Waals surface area contributed by atoms with E-state index in [2.05, 4.69) is 10.6 Å². The van der Waals surface area contributed by atoms with Gasteiger partial charge in [0.05, 0.1) is 13.0 Å². The molecule has 9 heteroatoms. The molecule has 0 aromatic heterocycles. The van der Waals surface area contributed by atoms with Crippen molar-refractivity contribution in [1.82, 2.24) is 15.5 Å². The van der Waals surface area contributed by atoms with E-state index in [0.717, 1.165) is 0 Å². The maximum absolute atomic E-state index is 11.9. The predicted octanol–water partition coefficient (Wildman–Crippen LogP) is -1.00. The van der Waals surface area contributed by atoms with E-state index in [9.17, 15) is 19.2 Å². The average molecular weight is 355 g/mol. The molecule has 25 heavy (non-hydrogen) atoms. The topological polar surface area (TPSA) is 114 Å². The molecule has 0 aromatic rings. The van der Waals surface area contributed by atoms with E-state index in [0.29, 0.717) is 45.8 Å². The summed E-state index contributed by atoms with van der Waals surface area (Å²) in [5.41, 5.74) is 0. The number of rotatable bonds is 10. The van der Waals surface area contributed by atoms with Crippen molar-refractivity contribution in [2.45, 2.75) is 32.8 Å². The molecule has 1 unspecified atom stereocenters. The molecule has 0 radical (unpaired) electrons. The van der Waals surface area contributed by atoms with Crippen molar-refractivity contribution in [3.8, 4) is 0 Å². The van der Waals surface area contributed by atoms with Crippen LogP contribution in [0, 0.1) is 0 Å². The van der Waals surface area contributed by atoms with Crippen LogP contribution in [-0.4, -0.2) is 74.1 Å². The maximum atomic E-state index is 11.9. The highest BCUT2D eigenvalue weighted by Gasteiger charge is 2.27. The Kier molecular flexibility index (Phi) is 9.28. The summed E-state index contributed by atoms with van der Waals surface area (Å²) in [5, 5.41) is 5.38. The summed E-state index contributed by atoms with van der Waals surface area (Å²) < 4.78 is 10.2. The van der Waals surface area contributed by atoms with Gasteiger partial charge in [-0.25, -0.2) is 4.79 Å². The summed E-state index contributed by atoms with van der Waals surface area (Å²) >= 11 is 0. The van der Waals surface area contributed by atoms with E-state index < -0.39 is 12.1 Å². The van der Waals surface area contributed by atoms with Crippen LogP contribution in [0.3, 0.4) is 0 Å². The van der Waals surface area contributed by atoms with Crippen LogP contribution in [-0.2, 0) is 28.7 Å². The van der Waals surface area contributed by atoms with E-state index in [1.165, 1.54) is 13.8 Å². The normalized spacial score (nSPS) is 16.1. The van der Waals surface area contributed by atoms with Gasteiger partial charge in [-0.2, -0.15) is 0 Å². The molecule has 2 N–H and O–H groups in total. The van der Waals surface area contributed by atoms with Crippen LogP contribution in [0.5, 0.6) is 0 Å². The van der Waals surface area contributed by atoms with Crippen molar-refractivity contribution in [2.75, 3.05) is 39.3 Å². The molecule has 1 rings (SSSR count). The Morgan fingerprint density at radius 1 is 1.16 bits per heavy atom. The second-order valence-electron chi connectivity index (χ2n) is 5.64. The number of nitrogens with zero attached hydrogens (tertiary/aromatic N) is 1. The monoisotopic (exact) mass is 355 g/mol. The molecule has 2 amide bonds. The molecule has 0 saturated carbocycles. The van der Waals surface area contributed by atoms with E-state index in [1.807, 2.05) is 4.90 Å². The summed E-state index contributed by atoms with van der Waals surface area (Å²) in [4.78, 5) is 46.4. The van der Waals surface area contributed by atoms with Crippen molar-refractivity contribution in [3.63, 3.8) is 0 Å². The van der Waals surface area contributed by atoms with Gasteiger partial charge in [0.1, 0.15) is 0 Å². The van der Waals surface area contributed by atoms with Gasteiger partial charge in [0.15, 0.2) is 12.0 Å². The number of nitrogens with one attached hydrogen (secondary N) is 2. The van der Waals surface area contributed by atoms with Crippen molar-refractivity contribution in [1.29, 1.82) is 0 Å². The molecule has 1 fully saturated rings. The first-order chi connectivity index (χ1) is 11.9. The molecular formula is C16H25N3O6. The fraction of sp³-hybridized carbons (Fsp3) is 0.688. The van der Waals surface area contributed by atoms with Crippen molar-refractivity contribution >= 4 is 23.7 Å². The van der Waals surface area contributed by atoms with E-state index in [4.69, 9.17) is 9.47 Å². The Balaban J connectivity index is 2.40. The average Bonchev–Trinajstić information content (AvgIpc) is 2.98. The van der Waals surface area contributed by atoms with Gasteiger partial charge in [-0.3, -0.25) is 19.3 Å². The smallest absolute Gasteiger partial charge is 0.307 e. The zero-order valence-electron chi connectivity index (χ0n) is 14.6. The van der Waals surface area contributed by atoms with Gasteiger partial charge in [-0.15, -0.1) is 0 Å². The fourth-order valence-electron chi connectivity index (χ4n) is 2.29. The molecule has 0 aliphatic carbocycles. The quantitative estimate of drug-likeness (QED) is 0.381. The molecule has 1 aliphatic rings. The van der Waals surface area contributed by atoms with Crippen LogP contribution in [0.4, 0.5) is 0 Å². The van der Waals surface area contributed by atoms with E-state index in [-0.39, 0.29) is 24.0 Å². The van der Waals surface area contributed by atoms with Gasteiger partial charge < -0.3 is 20.1 Å². The Morgan fingerprint density at radius 3 is 2.28 bits per heavy atom. The number of amides is 2. The zero-order valence-corrected chi connectivity index (χ0v) is 14.6. The summed E-state index contributed by atoms with van der Waals surface area (Å²) in [6.07, 6.45) is -0.0781. The molecule has 0 bridgehead atoms. The number of carbonyl (C=O) groups excluding carboxylic acids is 4. The van der Waals surface area contributed by atoms with Crippen molar-refractivity contribution in [3.05, 3.63) is 5.76 Å². The Bertz CT molecular complexity index is 510. The highest BCUT2D eigenvalue weighted by molar-refractivity contribution is 5.73. The first kappa shape index (κ1) is 20.7. The molecule has 0 aromatic carbocycles. The molecule has 1 atom stereocenters. The number of hydrogen-bond acceptors (Lipinski definition) is 7. The van der Waals surface area contributed by atoms with Gasteiger partial charge in [0.2, 0.25) is 17.6 Å². The highest BCUT2D eigenvalue weighted by atomic mass is 16.6. The lowest BCUT2D eigenvalue weighted by atomic mass is 10.2. The molecule has 1 heterocycles. The van der Waals surface area contributed by atoms with Crippen LogP contribution < -0.4 is 10.6 Å². The van der Waals surface area contributed by atoms with Gasteiger partial charge in [0.25, 0.3) is 0 Å². The first-order valence-electron chi connectivity index (χ1n) is 8.21. The molecular weight excluding hydrogens is 330 g/mol. The number of carbonyl (C=O) groups is 3. The Morgan fingerprint density at radius 2 is 1.76 bits per heavy atom. The van der Waals surface area contributed by atoms with Crippen molar-refractivity contribution in [2.24, 2.45) is 0 Å². The summed E-state index contributed by atoms with van der Waals surface area (Å²) in [7, 11) is 0. The number of esters is 1. The lowest BCUT2D eigenvalue weighted by Crippen LogP contribution is -2.40. The van der Waals surface area contributed by atoms with Gasteiger partial charge in [-0.1, -0.05) is 0 Å². The third-order valence-electron chi connectivity index (χ3n) is 3.54. The number of hydrogen-bond donors (Lipinski definition) is 2. The van der Waals surface area contributed by atoms with Crippen molar-refractivity contribution < 1.29 is 28.7 Å². The third kappa shape index (κ3) is 8.88. The standard InChI is InChI=1S/C16H25N3O6/c1-12(21)17-5-8-19(9-6-18-13(2)22)7-3-16(23)25-14-4-10-24-15(14)11-20/h14H,3-10H2,1-2H3,(H,17,21)(H,18,22). The van der Waals surface area contributed by atoms with Crippen LogP contribution in [0.15, 0.2) is 5.76 Å². The Hall–Kier alpha value is -2.38. The minimum atomic E-state index is -0.655. The maximum Gasteiger partial charge on any atom is 0.307 e. The van der Waals surface area contributed by atoms with Crippen LogP contribution in [0.1, 0.15) is 26.7 Å². The molecule has 1 saturated heterocycles. The minimum Gasteiger partial charge on any atom is -0.483 e. The minimum absolute atomic E-state index is 0.0292. The second kappa shape index (κ2) is 11.2. The third-order valence-corrected chi connectivity index (χ3v) is 3.54. The summed E-state index contributed by atoms with van der Waals surface area (Å²) in [6, 6.07) is 0. The molecule has 0 spiro atoms. The highest BCUT2D eigenvalue weighted by Crippen LogP contribution is 2.18. The van der Waals surface area contributed by atoms with Gasteiger partial charge in [0, 0.05) is 53.0 Å². The van der Waals surface area contributed by atoms with Crippen LogP contribution in [0.2, 0.25) is 0 Å². The molecule has 140 valence electrons. The lowest BCUT2D eigenvalue weighted by molar-refractivity contribution is -0.147. The van der Waals surface area contributed by atoms with E-state index >= 15 is 0 Å². The molecule has 1 aliphatic heterocycles. The lowest BCUT2D eigenvalue weighted by Gasteiger charge is -2.22. The first-order valence-corrected chi connectivity index (χ1v) is 8.21. The van der Waals surface area contributed by atoms with Gasteiger partial charge >= 0.3 is 5.97 Å². The second-order valence-corrected chi connectivity index (χ2v) is 5.64. The van der Waals surface area contributed by atoms with E-state index in [1.54, 1.807) is 5.94 Å². The van der Waals surface area contributed by atoms with Crippen LogP contribution >= 0.6 is 0 Å². The van der Waals surface area contributed by atoms with Crippen LogP contribution in [0.25, 0.3) is 0 Å². The Labute approximate surface area is 146 Å². The summed E-state index contributed by atoms with van der Waals surface area (Å²) in [5.74, 6) is 0.971. The fourth-order valence-corrected chi connectivity index (χ4v) is 2.29. The summed E-state index contributed by atoms with van der Waals surface area (Å²) in [6.45, 7) is 5.57. The predicted molar refractivity (Wildman–Crippen MR) is 88.1 cm³/mol. The molecule has 9 nitrogen and oxygen atoms in total.